The van der Waals surface area contributed by atoms with Crippen LogP contribution in [0, 0.1) is 6.92 Å². The fourth-order valence-corrected chi connectivity index (χ4v) is 5.49. The van der Waals surface area contributed by atoms with Crippen molar-refractivity contribution in [1.29, 1.82) is 0 Å². The number of aryl methyl sites for hydroxylation is 1. The Kier molecular flexibility index (Phi) is 2.33. The van der Waals surface area contributed by atoms with Gasteiger partial charge in [-0.25, -0.2) is 0 Å². The summed E-state index contributed by atoms with van der Waals surface area (Å²) in [5.41, 5.74) is 9.77. The standard InChI is InChI=1S/C25H16BN/c1-15-13-14-21-25-22(15)19-11-5-9-17-18-10-6-12-20(24(18)27(25)23(17)19)26(21)16-7-3-2-4-8-16/h2-14H,1H3. The Balaban J connectivity index is 1.85. The lowest BCUT2D eigenvalue weighted by Crippen LogP contribution is -2.54. The summed E-state index contributed by atoms with van der Waals surface area (Å²) in [5, 5.41) is 5.56. The van der Waals surface area contributed by atoms with Crippen LogP contribution in [-0.4, -0.2) is 11.1 Å². The SMILES string of the molecule is Cc1ccc2c3c1c1cccc4c5cccc(c5n3c41)B2c1ccccc1. The molecule has 0 N–H and O–H groups in total. The van der Waals surface area contributed by atoms with Crippen LogP contribution < -0.4 is 16.4 Å². The lowest BCUT2D eigenvalue weighted by Gasteiger charge is -2.23. The third-order valence-electron chi connectivity index (χ3n) is 6.51. The van der Waals surface area contributed by atoms with Crippen LogP contribution in [0.5, 0.6) is 0 Å². The molecule has 2 heteroatoms. The first-order chi connectivity index (χ1) is 13.3. The van der Waals surface area contributed by atoms with Gasteiger partial charge in [0.25, 0.3) is 0 Å². The molecular formula is C25H16BN. The van der Waals surface area contributed by atoms with Gasteiger partial charge < -0.3 is 4.40 Å². The number of hydrogen-bond donors (Lipinski definition) is 0. The van der Waals surface area contributed by atoms with Crippen molar-refractivity contribution in [2.24, 2.45) is 0 Å². The quantitative estimate of drug-likeness (QED) is 0.398. The van der Waals surface area contributed by atoms with E-state index in [1.807, 2.05) is 0 Å². The van der Waals surface area contributed by atoms with E-state index in [9.17, 15) is 0 Å². The van der Waals surface area contributed by atoms with Crippen LogP contribution in [0.4, 0.5) is 0 Å². The van der Waals surface area contributed by atoms with E-state index in [-0.39, 0.29) is 6.71 Å². The Bertz CT molecular complexity index is 1520. The lowest BCUT2D eigenvalue weighted by atomic mass is 9.35. The smallest absolute Gasteiger partial charge is 0.246 e. The van der Waals surface area contributed by atoms with Crippen molar-refractivity contribution in [1.82, 2.24) is 4.40 Å². The minimum Gasteiger partial charge on any atom is -0.309 e. The number of rotatable bonds is 1. The normalized spacial score (nSPS) is 13.3. The van der Waals surface area contributed by atoms with Crippen LogP contribution in [0.2, 0.25) is 0 Å². The van der Waals surface area contributed by atoms with Gasteiger partial charge in [0.05, 0.1) is 5.52 Å². The van der Waals surface area contributed by atoms with Gasteiger partial charge in [0.2, 0.25) is 6.71 Å². The first-order valence-corrected chi connectivity index (χ1v) is 9.60. The molecule has 6 aromatic rings. The molecule has 2 aromatic heterocycles. The topological polar surface area (TPSA) is 4.41 Å². The minimum atomic E-state index is 0.287. The average Bonchev–Trinajstić information content (AvgIpc) is 3.24. The molecule has 0 atom stereocenters. The summed E-state index contributed by atoms with van der Waals surface area (Å²) in [5.74, 6) is 0. The Morgan fingerprint density at radius 1 is 0.593 bits per heavy atom. The van der Waals surface area contributed by atoms with Crippen LogP contribution in [-0.2, 0) is 0 Å². The van der Waals surface area contributed by atoms with Crippen molar-refractivity contribution in [3.63, 3.8) is 0 Å². The number of para-hydroxylation sites is 2. The van der Waals surface area contributed by atoms with Crippen molar-refractivity contribution in [2.45, 2.75) is 6.92 Å². The second-order valence-electron chi connectivity index (χ2n) is 7.82. The highest BCUT2D eigenvalue weighted by molar-refractivity contribution is 6.98. The summed E-state index contributed by atoms with van der Waals surface area (Å²) in [4.78, 5) is 0. The maximum Gasteiger partial charge on any atom is 0.246 e. The number of fused-ring (bicyclic) bond motifs is 2. The second-order valence-corrected chi connectivity index (χ2v) is 7.82. The van der Waals surface area contributed by atoms with Gasteiger partial charge in [0.1, 0.15) is 0 Å². The van der Waals surface area contributed by atoms with E-state index in [1.54, 1.807) is 0 Å². The van der Waals surface area contributed by atoms with Gasteiger partial charge in [0.15, 0.2) is 0 Å². The van der Waals surface area contributed by atoms with E-state index < -0.39 is 0 Å². The largest absolute Gasteiger partial charge is 0.309 e. The summed E-state index contributed by atoms with van der Waals surface area (Å²) in [7, 11) is 0. The zero-order chi connectivity index (χ0) is 17.7. The van der Waals surface area contributed by atoms with E-state index in [4.69, 9.17) is 0 Å². The van der Waals surface area contributed by atoms with E-state index in [0.29, 0.717) is 0 Å². The van der Waals surface area contributed by atoms with Gasteiger partial charge in [-0.1, -0.05) is 84.3 Å². The maximum absolute atomic E-state index is 2.55. The minimum absolute atomic E-state index is 0.287. The molecule has 0 fully saturated rings. The number of nitrogens with zero attached hydrogens (tertiary/aromatic N) is 1. The maximum atomic E-state index is 2.55. The number of hydrogen-bond acceptors (Lipinski definition) is 0. The molecule has 0 amide bonds. The monoisotopic (exact) mass is 341 g/mol. The predicted octanol–water partition coefficient (Wildman–Crippen LogP) is 3.97. The van der Waals surface area contributed by atoms with Gasteiger partial charge in [-0.05, 0) is 23.4 Å². The summed E-state index contributed by atoms with van der Waals surface area (Å²) in [6, 6.07) is 29.3. The summed E-state index contributed by atoms with van der Waals surface area (Å²) < 4.78 is 2.55. The molecule has 3 heterocycles. The highest BCUT2D eigenvalue weighted by Crippen LogP contribution is 2.40. The fraction of sp³-hybridized carbons (Fsp3) is 0.0400. The van der Waals surface area contributed by atoms with E-state index in [2.05, 4.69) is 90.2 Å². The van der Waals surface area contributed by atoms with E-state index in [0.717, 1.165) is 0 Å². The summed E-state index contributed by atoms with van der Waals surface area (Å²) in [6.07, 6.45) is 0. The van der Waals surface area contributed by atoms with Crippen LogP contribution >= 0.6 is 0 Å². The van der Waals surface area contributed by atoms with Crippen LogP contribution in [0.15, 0.2) is 78.9 Å². The zero-order valence-corrected chi connectivity index (χ0v) is 15.0. The van der Waals surface area contributed by atoms with Crippen LogP contribution in [0.25, 0.3) is 38.1 Å². The van der Waals surface area contributed by atoms with Gasteiger partial charge in [-0.2, -0.15) is 0 Å². The fourth-order valence-electron chi connectivity index (χ4n) is 5.49. The van der Waals surface area contributed by atoms with E-state index >= 15 is 0 Å². The third-order valence-corrected chi connectivity index (χ3v) is 6.51. The van der Waals surface area contributed by atoms with Crippen molar-refractivity contribution in [3.8, 4) is 0 Å². The van der Waals surface area contributed by atoms with Crippen molar-refractivity contribution < 1.29 is 0 Å². The highest BCUT2D eigenvalue weighted by Gasteiger charge is 2.33. The number of aromatic nitrogens is 1. The molecule has 0 bridgehead atoms. The van der Waals surface area contributed by atoms with Gasteiger partial charge in [-0.3, -0.25) is 0 Å². The Morgan fingerprint density at radius 3 is 2.15 bits per heavy atom. The molecule has 4 aromatic carbocycles. The molecule has 1 aliphatic heterocycles. The molecule has 0 aliphatic carbocycles. The van der Waals surface area contributed by atoms with Crippen LogP contribution in [0.3, 0.4) is 0 Å². The van der Waals surface area contributed by atoms with Crippen molar-refractivity contribution >= 4 is 61.2 Å². The molecule has 0 saturated heterocycles. The van der Waals surface area contributed by atoms with Gasteiger partial charge >= 0.3 is 0 Å². The lowest BCUT2D eigenvalue weighted by molar-refractivity contribution is 1.37. The molecule has 0 radical (unpaired) electrons. The van der Waals surface area contributed by atoms with E-state index in [1.165, 1.54) is 60.0 Å². The molecule has 0 saturated carbocycles. The molecule has 124 valence electrons. The Morgan fingerprint density at radius 2 is 1.30 bits per heavy atom. The predicted molar refractivity (Wildman–Crippen MR) is 117 cm³/mol. The Hall–Kier alpha value is -3.26. The molecule has 1 nitrogen and oxygen atoms in total. The Labute approximate surface area is 157 Å². The third kappa shape index (κ3) is 1.46. The molecular weight excluding hydrogens is 325 g/mol. The molecule has 0 unspecified atom stereocenters. The van der Waals surface area contributed by atoms with Crippen LogP contribution in [0.1, 0.15) is 5.56 Å². The second kappa shape index (κ2) is 4.53. The molecule has 1 aliphatic rings. The van der Waals surface area contributed by atoms with Crippen molar-refractivity contribution in [2.75, 3.05) is 0 Å². The first kappa shape index (κ1) is 13.9. The van der Waals surface area contributed by atoms with Gasteiger partial charge in [0, 0.05) is 32.6 Å². The van der Waals surface area contributed by atoms with Gasteiger partial charge in [-0.15, -0.1) is 0 Å². The number of benzene rings is 4. The summed E-state index contributed by atoms with van der Waals surface area (Å²) in [6.45, 7) is 2.53. The van der Waals surface area contributed by atoms with Crippen molar-refractivity contribution in [3.05, 3.63) is 84.4 Å². The molecule has 7 rings (SSSR count). The summed E-state index contributed by atoms with van der Waals surface area (Å²) >= 11 is 0. The highest BCUT2D eigenvalue weighted by atomic mass is 14.9. The average molecular weight is 341 g/mol. The zero-order valence-electron chi connectivity index (χ0n) is 15.0. The first-order valence-electron chi connectivity index (χ1n) is 9.60. The molecule has 0 spiro atoms. The molecule has 27 heavy (non-hydrogen) atoms.